The number of aromatic amines is 1. The number of nitrogens with one attached hydrogen (secondary N) is 2. The molecule has 1 aliphatic rings. The number of ether oxygens (including phenoxy) is 1. The summed E-state index contributed by atoms with van der Waals surface area (Å²) in [5, 5.41) is 9.50. The first-order valence-electron chi connectivity index (χ1n) is 5.04. The van der Waals surface area contributed by atoms with Crippen LogP contribution in [0.1, 0.15) is 28.9 Å². The molecule has 0 saturated heterocycles. The third kappa shape index (κ3) is 2.02. The minimum atomic E-state index is -0.0548. The van der Waals surface area contributed by atoms with Crippen LogP contribution in [0.3, 0.4) is 0 Å². The van der Waals surface area contributed by atoms with E-state index in [0.717, 1.165) is 18.5 Å². The maximum Gasteiger partial charge on any atom is 0.254 e. The lowest BCUT2D eigenvalue weighted by molar-refractivity contribution is 0.0176. The van der Waals surface area contributed by atoms with Crippen molar-refractivity contribution in [2.24, 2.45) is 0 Å². The fourth-order valence-corrected chi connectivity index (χ4v) is 1.72. The number of H-pyrrole nitrogens is 1. The second kappa shape index (κ2) is 4.02. The van der Waals surface area contributed by atoms with Crippen molar-refractivity contribution >= 4 is 5.91 Å². The highest BCUT2D eigenvalue weighted by Crippen LogP contribution is 2.22. The average molecular weight is 209 g/mol. The molecule has 0 aliphatic heterocycles. The third-order valence-corrected chi connectivity index (χ3v) is 2.84. The number of hydrogen-bond acceptors (Lipinski definition) is 3. The van der Waals surface area contributed by atoms with Crippen LogP contribution in [0.5, 0.6) is 0 Å². The zero-order valence-corrected chi connectivity index (χ0v) is 8.91. The van der Waals surface area contributed by atoms with Crippen LogP contribution in [0.25, 0.3) is 0 Å². The van der Waals surface area contributed by atoms with Gasteiger partial charge in [0.2, 0.25) is 0 Å². The Morgan fingerprint density at radius 1 is 1.67 bits per heavy atom. The first-order chi connectivity index (χ1) is 7.20. The molecule has 1 fully saturated rings. The van der Waals surface area contributed by atoms with Crippen LogP contribution in [-0.4, -0.2) is 35.4 Å². The summed E-state index contributed by atoms with van der Waals surface area (Å²) in [4.78, 5) is 11.7. The second-order valence-corrected chi connectivity index (χ2v) is 3.91. The van der Waals surface area contributed by atoms with E-state index in [-0.39, 0.29) is 11.9 Å². The van der Waals surface area contributed by atoms with E-state index in [0.29, 0.717) is 11.7 Å². The van der Waals surface area contributed by atoms with Gasteiger partial charge in [-0.25, -0.2) is 0 Å². The Kier molecular flexibility index (Phi) is 2.73. The number of nitrogens with zero attached hydrogens (tertiary/aromatic N) is 1. The average Bonchev–Trinajstić information content (AvgIpc) is 2.56. The number of carbonyl (C=O) groups excluding carboxylic acids is 1. The predicted molar refractivity (Wildman–Crippen MR) is 54.6 cm³/mol. The number of amides is 1. The molecule has 1 aliphatic carbocycles. The van der Waals surface area contributed by atoms with E-state index in [2.05, 4.69) is 15.5 Å². The van der Waals surface area contributed by atoms with Crippen molar-refractivity contribution in [2.75, 3.05) is 7.11 Å². The lowest BCUT2D eigenvalue weighted by Crippen LogP contribution is -2.47. The normalized spacial score (nSPS) is 24.7. The maximum absolute atomic E-state index is 11.7. The Hall–Kier alpha value is -1.36. The molecule has 2 rings (SSSR count). The van der Waals surface area contributed by atoms with Crippen LogP contribution in [0.4, 0.5) is 0 Å². The molecule has 5 nitrogen and oxygen atoms in total. The van der Waals surface area contributed by atoms with Gasteiger partial charge in [0.15, 0.2) is 0 Å². The van der Waals surface area contributed by atoms with E-state index < -0.39 is 0 Å². The maximum atomic E-state index is 11.7. The molecule has 0 bridgehead atoms. The van der Waals surface area contributed by atoms with Crippen molar-refractivity contribution in [1.29, 1.82) is 0 Å². The van der Waals surface area contributed by atoms with Crippen molar-refractivity contribution < 1.29 is 9.53 Å². The first kappa shape index (κ1) is 10.2. The number of aryl methyl sites for hydroxylation is 1. The third-order valence-electron chi connectivity index (χ3n) is 2.84. The van der Waals surface area contributed by atoms with Crippen LogP contribution in [-0.2, 0) is 4.74 Å². The molecular formula is C10H15N3O2. The van der Waals surface area contributed by atoms with E-state index in [1.165, 1.54) is 0 Å². The highest BCUT2D eigenvalue weighted by molar-refractivity contribution is 5.95. The lowest BCUT2D eigenvalue weighted by Gasteiger charge is -2.34. The molecule has 0 spiro atoms. The summed E-state index contributed by atoms with van der Waals surface area (Å²) in [6.45, 7) is 1.83. The molecule has 2 N–H and O–H groups in total. The predicted octanol–water partition coefficient (Wildman–Crippen LogP) is 0.625. The number of hydrogen-bond donors (Lipinski definition) is 2. The van der Waals surface area contributed by atoms with Gasteiger partial charge in [-0.3, -0.25) is 9.89 Å². The van der Waals surface area contributed by atoms with Crippen LogP contribution < -0.4 is 5.32 Å². The zero-order chi connectivity index (χ0) is 10.8. The first-order valence-corrected chi connectivity index (χ1v) is 5.04. The number of rotatable bonds is 3. The van der Waals surface area contributed by atoms with Crippen LogP contribution in [0.2, 0.25) is 0 Å². The molecule has 0 aromatic carbocycles. The molecule has 82 valence electrons. The largest absolute Gasteiger partial charge is 0.381 e. The summed E-state index contributed by atoms with van der Waals surface area (Å²) in [6.07, 6.45) is 3.66. The smallest absolute Gasteiger partial charge is 0.254 e. The molecule has 1 aromatic heterocycles. The highest BCUT2D eigenvalue weighted by Gasteiger charge is 2.30. The van der Waals surface area contributed by atoms with E-state index in [9.17, 15) is 4.79 Å². The van der Waals surface area contributed by atoms with E-state index in [1.54, 1.807) is 13.3 Å². The Bertz CT molecular complexity index is 355. The minimum absolute atomic E-state index is 0.0548. The van der Waals surface area contributed by atoms with Gasteiger partial charge in [-0.2, -0.15) is 5.10 Å². The molecule has 0 unspecified atom stereocenters. The molecule has 0 atom stereocenters. The number of carbonyl (C=O) groups is 1. The summed E-state index contributed by atoms with van der Waals surface area (Å²) >= 11 is 0. The van der Waals surface area contributed by atoms with Crippen molar-refractivity contribution in [3.05, 3.63) is 17.5 Å². The topological polar surface area (TPSA) is 67.0 Å². The van der Waals surface area contributed by atoms with Crippen LogP contribution >= 0.6 is 0 Å². The zero-order valence-electron chi connectivity index (χ0n) is 8.91. The lowest BCUT2D eigenvalue weighted by atomic mass is 9.89. The molecular weight excluding hydrogens is 194 g/mol. The van der Waals surface area contributed by atoms with Crippen LogP contribution in [0, 0.1) is 6.92 Å². The van der Waals surface area contributed by atoms with Crippen molar-refractivity contribution in [3.8, 4) is 0 Å². The Morgan fingerprint density at radius 2 is 2.40 bits per heavy atom. The molecule has 1 amide bonds. The molecule has 1 heterocycles. The van der Waals surface area contributed by atoms with Crippen LogP contribution in [0.15, 0.2) is 6.20 Å². The molecule has 15 heavy (non-hydrogen) atoms. The van der Waals surface area contributed by atoms with E-state index in [1.807, 2.05) is 6.92 Å². The van der Waals surface area contributed by atoms with Gasteiger partial charge in [0.05, 0.1) is 17.9 Å². The summed E-state index contributed by atoms with van der Waals surface area (Å²) < 4.78 is 5.14. The Balaban J connectivity index is 1.87. The fraction of sp³-hybridized carbons (Fsp3) is 0.600. The summed E-state index contributed by atoms with van der Waals surface area (Å²) in [5.41, 5.74) is 1.42. The quantitative estimate of drug-likeness (QED) is 0.767. The van der Waals surface area contributed by atoms with Crippen molar-refractivity contribution in [1.82, 2.24) is 15.5 Å². The summed E-state index contributed by atoms with van der Waals surface area (Å²) in [5.74, 6) is -0.0548. The molecule has 1 aromatic rings. The van der Waals surface area contributed by atoms with Gasteiger partial charge >= 0.3 is 0 Å². The second-order valence-electron chi connectivity index (χ2n) is 3.91. The minimum Gasteiger partial charge on any atom is -0.381 e. The standard InChI is InChI=1S/C10H15N3O2/c1-6-9(5-11-13-6)10(14)12-7-3-8(4-7)15-2/h5,7-8H,3-4H2,1-2H3,(H,11,13)(H,12,14). The summed E-state index contributed by atoms with van der Waals surface area (Å²) in [7, 11) is 1.70. The van der Waals surface area contributed by atoms with Gasteiger partial charge in [0.25, 0.3) is 5.91 Å². The van der Waals surface area contributed by atoms with E-state index in [4.69, 9.17) is 4.74 Å². The van der Waals surface area contributed by atoms with Gasteiger partial charge < -0.3 is 10.1 Å². The monoisotopic (exact) mass is 209 g/mol. The molecule has 1 saturated carbocycles. The number of methoxy groups -OCH3 is 1. The van der Waals surface area contributed by atoms with Gasteiger partial charge in [-0.05, 0) is 19.8 Å². The summed E-state index contributed by atoms with van der Waals surface area (Å²) in [6, 6.07) is 0.247. The van der Waals surface area contributed by atoms with Crippen molar-refractivity contribution in [3.63, 3.8) is 0 Å². The highest BCUT2D eigenvalue weighted by atomic mass is 16.5. The van der Waals surface area contributed by atoms with Gasteiger partial charge in [-0.15, -0.1) is 0 Å². The van der Waals surface area contributed by atoms with Gasteiger partial charge in [-0.1, -0.05) is 0 Å². The molecule has 0 radical (unpaired) electrons. The fourth-order valence-electron chi connectivity index (χ4n) is 1.72. The van der Waals surface area contributed by atoms with E-state index >= 15 is 0 Å². The Morgan fingerprint density at radius 3 is 2.93 bits per heavy atom. The van der Waals surface area contributed by atoms with Gasteiger partial charge in [0.1, 0.15) is 0 Å². The molecule has 5 heteroatoms. The Labute approximate surface area is 88.2 Å². The van der Waals surface area contributed by atoms with Crippen molar-refractivity contribution in [2.45, 2.75) is 31.9 Å². The van der Waals surface area contributed by atoms with Gasteiger partial charge in [0, 0.05) is 18.8 Å². The SMILES string of the molecule is COC1CC(NC(=O)c2cn[nH]c2C)C1. The number of aromatic nitrogens is 2.